The van der Waals surface area contributed by atoms with E-state index in [4.69, 9.17) is 4.74 Å². The largest absolute Gasteiger partial charge is 0.367 e. The van der Waals surface area contributed by atoms with E-state index in [1.165, 1.54) is 0 Å². The van der Waals surface area contributed by atoms with E-state index in [-0.39, 0.29) is 6.54 Å². The predicted molar refractivity (Wildman–Crippen MR) is 70.1 cm³/mol. The van der Waals surface area contributed by atoms with Crippen LogP contribution in [0, 0.1) is 5.92 Å². The average Bonchev–Trinajstić information content (AvgIpc) is 2.35. The molecule has 0 bridgehead atoms. The normalized spacial score (nSPS) is 13.2. The molecule has 1 unspecified atom stereocenters. The Morgan fingerprint density at radius 2 is 1.89 bits per heavy atom. The Morgan fingerprint density at radius 3 is 2.50 bits per heavy atom. The van der Waals surface area contributed by atoms with Gasteiger partial charge in [-0.1, -0.05) is 44.2 Å². The van der Waals surface area contributed by atoms with Crippen molar-refractivity contribution in [3.05, 3.63) is 35.9 Å². The minimum absolute atomic E-state index is 0.111. The Balaban J connectivity index is 2.19. The van der Waals surface area contributed by atoms with Crippen molar-refractivity contribution >= 4 is 0 Å². The van der Waals surface area contributed by atoms with Crippen LogP contribution in [0.3, 0.4) is 0 Å². The van der Waals surface area contributed by atoms with Crippen molar-refractivity contribution in [2.45, 2.75) is 33.2 Å². The van der Waals surface area contributed by atoms with Gasteiger partial charge in [-0.15, -0.1) is 0 Å². The van der Waals surface area contributed by atoms with Gasteiger partial charge in [0.05, 0.1) is 13.2 Å². The molecule has 0 aromatic heterocycles. The van der Waals surface area contributed by atoms with E-state index in [0.717, 1.165) is 17.0 Å². The molecule has 2 N–H and O–H groups in total. The van der Waals surface area contributed by atoms with Crippen molar-refractivity contribution in [3.8, 4) is 0 Å². The summed E-state index contributed by atoms with van der Waals surface area (Å²) in [6.45, 7) is 5.19. The first-order valence-electron chi connectivity index (χ1n) is 6.35. The van der Waals surface area contributed by atoms with Crippen molar-refractivity contribution in [1.82, 2.24) is 5.06 Å². The monoisotopic (exact) mass is 253 g/mol. The predicted octanol–water partition coefficient (Wildman–Crippen LogP) is 2.26. The van der Waals surface area contributed by atoms with E-state index in [1.54, 1.807) is 0 Å². The molecule has 102 valence electrons. The topological polar surface area (TPSA) is 52.9 Å². The number of hydrogen-bond acceptors (Lipinski definition) is 4. The fourth-order valence-corrected chi connectivity index (χ4v) is 1.50. The number of benzene rings is 1. The molecule has 0 radical (unpaired) electrons. The standard InChI is InChI=1S/C14H23NO3/c1-12(2)8-9-15(17)10-14(16)18-11-13-6-4-3-5-7-13/h3-7,12,14,16-17H,8-11H2,1-2H3. The van der Waals surface area contributed by atoms with Crippen LogP contribution >= 0.6 is 0 Å². The Hall–Kier alpha value is -0.940. The fourth-order valence-electron chi connectivity index (χ4n) is 1.50. The summed E-state index contributed by atoms with van der Waals surface area (Å²) in [5, 5.41) is 20.3. The maximum absolute atomic E-state index is 9.62. The number of aliphatic hydroxyl groups is 1. The molecule has 4 nitrogen and oxygen atoms in total. The lowest BCUT2D eigenvalue weighted by Crippen LogP contribution is -2.32. The zero-order valence-corrected chi connectivity index (χ0v) is 11.1. The first-order valence-corrected chi connectivity index (χ1v) is 6.35. The quantitative estimate of drug-likeness (QED) is 0.551. The van der Waals surface area contributed by atoms with Crippen LogP contribution in [0.1, 0.15) is 25.8 Å². The molecule has 0 aliphatic rings. The summed E-state index contributed by atoms with van der Waals surface area (Å²) in [6, 6.07) is 9.64. The molecule has 0 aliphatic heterocycles. The van der Waals surface area contributed by atoms with Crippen molar-refractivity contribution in [1.29, 1.82) is 0 Å². The van der Waals surface area contributed by atoms with Crippen LogP contribution in [0.15, 0.2) is 30.3 Å². The summed E-state index contributed by atoms with van der Waals surface area (Å²) in [4.78, 5) is 0. The number of nitrogens with zero attached hydrogens (tertiary/aromatic N) is 1. The van der Waals surface area contributed by atoms with Gasteiger partial charge in [0.25, 0.3) is 0 Å². The van der Waals surface area contributed by atoms with Gasteiger partial charge in [-0.2, -0.15) is 5.06 Å². The third-order valence-corrected chi connectivity index (χ3v) is 2.62. The Morgan fingerprint density at radius 1 is 1.22 bits per heavy atom. The van der Waals surface area contributed by atoms with Gasteiger partial charge in [-0.25, -0.2) is 0 Å². The van der Waals surface area contributed by atoms with Crippen LogP contribution in [0.4, 0.5) is 0 Å². The minimum Gasteiger partial charge on any atom is -0.367 e. The highest BCUT2D eigenvalue weighted by Gasteiger charge is 2.10. The Labute approximate surface area is 109 Å². The lowest BCUT2D eigenvalue weighted by atomic mass is 10.1. The molecule has 18 heavy (non-hydrogen) atoms. The SMILES string of the molecule is CC(C)CCN(O)CC(O)OCc1ccccc1. The number of aliphatic hydroxyl groups excluding tert-OH is 1. The average molecular weight is 253 g/mol. The summed E-state index contributed by atoms with van der Waals surface area (Å²) in [5.41, 5.74) is 1.00. The number of hydrogen-bond donors (Lipinski definition) is 2. The number of ether oxygens (including phenoxy) is 1. The summed E-state index contributed by atoms with van der Waals surface area (Å²) in [7, 11) is 0. The highest BCUT2D eigenvalue weighted by molar-refractivity contribution is 5.13. The summed E-state index contributed by atoms with van der Waals surface area (Å²) >= 11 is 0. The molecule has 0 saturated carbocycles. The number of hydroxylamine groups is 2. The maximum atomic E-state index is 9.62. The molecule has 4 heteroatoms. The fraction of sp³-hybridized carbons (Fsp3) is 0.571. The van der Waals surface area contributed by atoms with Gasteiger partial charge < -0.3 is 15.1 Å². The van der Waals surface area contributed by atoms with E-state index in [0.29, 0.717) is 19.1 Å². The van der Waals surface area contributed by atoms with Crippen molar-refractivity contribution < 1.29 is 15.1 Å². The highest BCUT2D eigenvalue weighted by atomic mass is 16.6. The van der Waals surface area contributed by atoms with Crippen LogP contribution < -0.4 is 0 Å². The van der Waals surface area contributed by atoms with E-state index < -0.39 is 6.29 Å². The summed E-state index contributed by atoms with van der Waals surface area (Å²) < 4.78 is 5.26. The summed E-state index contributed by atoms with van der Waals surface area (Å²) in [5.74, 6) is 0.530. The lowest BCUT2D eigenvalue weighted by molar-refractivity contribution is -0.183. The van der Waals surface area contributed by atoms with Crippen molar-refractivity contribution in [2.75, 3.05) is 13.1 Å². The van der Waals surface area contributed by atoms with Gasteiger partial charge in [0.1, 0.15) is 0 Å². The van der Waals surface area contributed by atoms with Crippen LogP contribution in [0.2, 0.25) is 0 Å². The highest BCUT2D eigenvalue weighted by Crippen LogP contribution is 2.04. The minimum atomic E-state index is -0.970. The van der Waals surface area contributed by atoms with E-state index in [1.807, 2.05) is 30.3 Å². The van der Waals surface area contributed by atoms with Gasteiger partial charge in [-0.05, 0) is 17.9 Å². The van der Waals surface area contributed by atoms with Gasteiger partial charge in [0.2, 0.25) is 0 Å². The van der Waals surface area contributed by atoms with E-state index in [2.05, 4.69) is 13.8 Å². The van der Waals surface area contributed by atoms with E-state index >= 15 is 0 Å². The lowest BCUT2D eigenvalue weighted by Gasteiger charge is -2.19. The van der Waals surface area contributed by atoms with Gasteiger partial charge in [-0.3, -0.25) is 0 Å². The third-order valence-electron chi connectivity index (χ3n) is 2.62. The van der Waals surface area contributed by atoms with Gasteiger partial charge >= 0.3 is 0 Å². The molecule has 0 heterocycles. The Kier molecular flexibility index (Phi) is 6.90. The zero-order chi connectivity index (χ0) is 13.4. The first kappa shape index (κ1) is 15.1. The zero-order valence-electron chi connectivity index (χ0n) is 11.1. The number of rotatable bonds is 8. The van der Waals surface area contributed by atoms with Crippen LogP contribution in [0.5, 0.6) is 0 Å². The summed E-state index contributed by atoms with van der Waals surface area (Å²) in [6.07, 6.45) is -0.0793. The second-order valence-electron chi connectivity index (χ2n) is 4.85. The molecular weight excluding hydrogens is 230 g/mol. The molecule has 0 aliphatic carbocycles. The van der Waals surface area contributed by atoms with Crippen LogP contribution in [-0.4, -0.2) is 34.8 Å². The molecular formula is C14H23NO3. The first-order chi connectivity index (χ1) is 8.58. The smallest absolute Gasteiger partial charge is 0.170 e. The van der Waals surface area contributed by atoms with Crippen LogP contribution in [0.25, 0.3) is 0 Å². The van der Waals surface area contributed by atoms with Gasteiger partial charge in [0.15, 0.2) is 6.29 Å². The molecule has 1 rings (SSSR count). The second kappa shape index (κ2) is 8.21. The molecule has 1 aromatic carbocycles. The molecule has 0 spiro atoms. The molecule has 0 amide bonds. The third kappa shape index (κ3) is 6.71. The second-order valence-corrected chi connectivity index (χ2v) is 4.85. The molecule has 1 atom stereocenters. The molecule has 1 aromatic rings. The maximum Gasteiger partial charge on any atom is 0.170 e. The molecule has 0 fully saturated rings. The molecule has 0 saturated heterocycles. The van der Waals surface area contributed by atoms with Gasteiger partial charge in [0, 0.05) is 6.54 Å². The van der Waals surface area contributed by atoms with Crippen molar-refractivity contribution in [3.63, 3.8) is 0 Å². The van der Waals surface area contributed by atoms with Crippen LogP contribution in [-0.2, 0) is 11.3 Å². The van der Waals surface area contributed by atoms with E-state index in [9.17, 15) is 10.3 Å². The van der Waals surface area contributed by atoms with Crippen molar-refractivity contribution in [2.24, 2.45) is 5.92 Å². The Bertz CT molecular complexity index is 316.